The average Bonchev–Trinajstić information content (AvgIpc) is 3.38. The van der Waals surface area contributed by atoms with Crippen LogP contribution in [0.15, 0.2) is 66.6 Å². The summed E-state index contributed by atoms with van der Waals surface area (Å²) in [4.78, 5) is 16.4. The number of allylic oxidation sites excluding steroid dienone is 2. The molecule has 0 amide bonds. The fraction of sp³-hybridized carbons (Fsp3) is 0.405. The Hall–Kier alpha value is -2.29. The van der Waals surface area contributed by atoms with Gasteiger partial charge >= 0.3 is 161 Å². The van der Waals surface area contributed by atoms with E-state index in [1.165, 1.54) is 36.9 Å². The Morgan fingerprint density at radius 1 is 0.929 bits per heavy atom. The summed E-state index contributed by atoms with van der Waals surface area (Å²) in [7, 11) is 0. The predicted molar refractivity (Wildman–Crippen MR) is 176 cm³/mol. The summed E-state index contributed by atoms with van der Waals surface area (Å²) >= 11 is 0.326. The molecule has 1 N–H and O–H groups in total. The van der Waals surface area contributed by atoms with Crippen LogP contribution in [0.3, 0.4) is 0 Å². The van der Waals surface area contributed by atoms with Gasteiger partial charge in [0.05, 0.1) is 5.76 Å². The first-order valence-electron chi connectivity index (χ1n) is 15.0. The Balaban J connectivity index is 0.000000334. The van der Waals surface area contributed by atoms with Crippen molar-refractivity contribution in [2.75, 3.05) is 0 Å². The maximum Gasteiger partial charge on any atom is 0 e. The number of hydrogen-bond donors (Lipinski definition) is 1. The minimum atomic E-state index is 0. The van der Waals surface area contributed by atoms with Gasteiger partial charge < -0.3 is 5.11 Å². The number of rotatable bonds is 10. The molecule has 227 valence electrons. The first-order chi connectivity index (χ1) is 19.6. The molecule has 0 saturated heterocycles. The molecule has 0 bridgehead atoms. The van der Waals surface area contributed by atoms with Crippen LogP contribution in [0.4, 0.5) is 0 Å². The summed E-state index contributed by atoms with van der Waals surface area (Å²) in [5.41, 5.74) is 7.24. The minimum absolute atomic E-state index is 0. The fourth-order valence-electron chi connectivity index (χ4n) is 5.08. The van der Waals surface area contributed by atoms with E-state index in [0.717, 1.165) is 42.5 Å². The Morgan fingerprint density at radius 2 is 1.55 bits per heavy atom. The third kappa shape index (κ3) is 9.61. The second-order valence-electron chi connectivity index (χ2n) is 11.2. The number of aromatic nitrogens is 1. The van der Waals surface area contributed by atoms with Crippen molar-refractivity contribution in [3.63, 3.8) is 0 Å². The molecule has 0 spiro atoms. The van der Waals surface area contributed by atoms with Crippen molar-refractivity contribution in [2.45, 2.75) is 87.0 Å². The van der Waals surface area contributed by atoms with Gasteiger partial charge in [-0.05, 0) is 25.7 Å². The number of nitrogens with zero attached hydrogens (tertiary/aromatic N) is 1. The number of carbonyl (C=O) groups excluding carboxylic acids is 1. The predicted octanol–water partition coefficient (Wildman–Crippen LogP) is 10.0. The summed E-state index contributed by atoms with van der Waals surface area (Å²) < 4.78 is 2.81. The third-order valence-corrected chi connectivity index (χ3v) is 10.2. The molecule has 2 aromatic heterocycles. The number of fused-ring (bicyclic) bond motifs is 1. The number of hydrogen-bond acceptors (Lipinski definition) is 3. The summed E-state index contributed by atoms with van der Waals surface area (Å²) in [6.07, 6.45) is 6.96. The maximum absolute atomic E-state index is 11.7. The summed E-state index contributed by atoms with van der Waals surface area (Å²) in [6, 6.07) is 21.4. The van der Waals surface area contributed by atoms with E-state index in [4.69, 9.17) is 4.98 Å². The maximum atomic E-state index is 11.7. The van der Waals surface area contributed by atoms with Gasteiger partial charge in [0.15, 0.2) is 5.78 Å². The smallest absolute Gasteiger partial charge is 0 e. The minimum Gasteiger partial charge on any atom is 0 e. The first-order valence-corrected chi connectivity index (χ1v) is 16.8. The topological polar surface area (TPSA) is 50.2 Å². The van der Waals surface area contributed by atoms with Gasteiger partial charge in [0.2, 0.25) is 0 Å². The molecule has 3 nitrogen and oxygen atoms in total. The van der Waals surface area contributed by atoms with E-state index in [-0.39, 0.29) is 43.5 Å². The van der Waals surface area contributed by atoms with E-state index in [1.54, 1.807) is 0 Å². The van der Waals surface area contributed by atoms with Gasteiger partial charge in [-0.2, -0.15) is 0 Å². The number of carbonyl (C=O) groups is 1. The Kier molecular flexibility index (Phi) is 14.6. The van der Waals surface area contributed by atoms with Crippen LogP contribution in [0.2, 0.25) is 0 Å². The number of benzene rings is 2. The molecule has 0 unspecified atom stereocenters. The Bertz CT molecular complexity index is 1440. The molecule has 2 heterocycles. The van der Waals surface area contributed by atoms with Crippen molar-refractivity contribution in [1.29, 1.82) is 0 Å². The van der Waals surface area contributed by atoms with E-state index in [2.05, 4.69) is 88.5 Å². The molecule has 4 aromatic rings. The number of aliphatic hydroxyl groups is 1. The largest absolute Gasteiger partial charge is 0 e. The fourth-order valence-corrected chi connectivity index (χ4v) is 7.22. The zero-order chi connectivity index (χ0) is 30.1. The Labute approximate surface area is 273 Å². The number of pyridine rings is 1. The van der Waals surface area contributed by atoms with Crippen LogP contribution >= 0.6 is 0 Å². The van der Waals surface area contributed by atoms with Crippen LogP contribution in [0.5, 0.6) is 0 Å². The molecular formula is C37H46IrNO2Se-. The summed E-state index contributed by atoms with van der Waals surface area (Å²) in [6.45, 7) is 16.8. The van der Waals surface area contributed by atoms with Gasteiger partial charge in [-0.3, -0.25) is 4.79 Å². The zero-order valence-corrected chi connectivity index (χ0v) is 30.5. The van der Waals surface area contributed by atoms with Gasteiger partial charge in [-0.25, -0.2) is 0 Å². The van der Waals surface area contributed by atoms with E-state index < -0.39 is 0 Å². The molecule has 2 aromatic carbocycles. The molecule has 42 heavy (non-hydrogen) atoms. The van der Waals surface area contributed by atoms with Gasteiger partial charge in [0, 0.05) is 38.0 Å². The van der Waals surface area contributed by atoms with Crippen LogP contribution in [0, 0.1) is 31.7 Å². The van der Waals surface area contributed by atoms with E-state index in [0.29, 0.717) is 20.4 Å². The van der Waals surface area contributed by atoms with Gasteiger partial charge in [-0.15, -0.1) is 0 Å². The molecule has 4 rings (SSSR count). The molecule has 0 fully saturated rings. The quantitative estimate of drug-likeness (QED) is 0.0752. The van der Waals surface area contributed by atoms with Crippen molar-refractivity contribution in [3.05, 3.63) is 89.3 Å². The number of aryl methyl sites for hydroxylation is 2. The van der Waals surface area contributed by atoms with Gasteiger partial charge in [-0.1, -0.05) is 27.7 Å². The van der Waals surface area contributed by atoms with Crippen LogP contribution in [-0.4, -0.2) is 30.4 Å². The Morgan fingerprint density at radius 3 is 2.10 bits per heavy atom. The van der Waals surface area contributed by atoms with Crippen LogP contribution < -0.4 is 0 Å². The summed E-state index contributed by atoms with van der Waals surface area (Å²) in [5.74, 6) is 1.12. The molecule has 0 aliphatic heterocycles. The van der Waals surface area contributed by atoms with Crippen molar-refractivity contribution < 1.29 is 30.0 Å². The van der Waals surface area contributed by atoms with Crippen LogP contribution in [-0.2, 0) is 24.9 Å². The molecule has 0 saturated carbocycles. The van der Waals surface area contributed by atoms with Crippen molar-refractivity contribution >= 4 is 29.9 Å². The molecule has 0 aliphatic rings. The SMILES string of the molecule is CCC(CC)C(=O)/C=C(\O)C(CC)CC.Cc1[c-]c(-c2cc3cc(-c4ccc(C(C)C)cc4)[se]c3cn2)cc(C)c1.[Ir]. The van der Waals surface area contributed by atoms with E-state index in [9.17, 15) is 9.90 Å². The second-order valence-corrected chi connectivity index (χ2v) is 13.5. The number of ketones is 1. The molecular weight excluding hydrogens is 762 g/mol. The van der Waals surface area contributed by atoms with Crippen LogP contribution in [0.1, 0.15) is 89.8 Å². The van der Waals surface area contributed by atoms with Gasteiger partial charge in [0.25, 0.3) is 0 Å². The van der Waals surface area contributed by atoms with Crippen molar-refractivity contribution in [1.82, 2.24) is 4.98 Å². The molecule has 1 radical (unpaired) electrons. The molecule has 5 heteroatoms. The third-order valence-electron chi connectivity index (χ3n) is 7.77. The molecule has 0 aliphatic carbocycles. The van der Waals surface area contributed by atoms with Crippen molar-refractivity contribution in [2.24, 2.45) is 11.8 Å². The first kappa shape index (κ1) is 35.9. The second kappa shape index (κ2) is 17.1. The van der Waals surface area contributed by atoms with E-state index in [1.807, 2.05) is 27.7 Å². The van der Waals surface area contributed by atoms with Gasteiger partial charge in [0.1, 0.15) is 0 Å². The number of aliphatic hydroxyl groups excluding tert-OH is 1. The van der Waals surface area contributed by atoms with Crippen LogP contribution in [0.25, 0.3) is 30.9 Å². The van der Waals surface area contributed by atoms with Crippen molar-refractivity contribution in [3.8, 4) is 21.3 Å². The zero-order valence-electron chi connectivity index (χ0n) is 26.4. The van der Waals surface area contributed by atoms with E-state index >= 15 is 0 Å². The summed E-state index contributed by atoms with van der Waals surface area (Å²) in [5, 5.41) is 11.1. The molecule has 0 atom stereocenters. The monoisotopic (exact) mass is 809 g/mol. The standard InChI is InChI=1S/C24H22NSe.C13H24O2.Ir/c1-15(2)18-5-7-19(8-6-18)23-13-21-12-22(25-14-24(21)26-23)20-10-16(3)9-17(4)11-20;1-5-10(6-2)12(14)9-13(15)11(7-3)8-4;/h5-10,12-15H,1-4H3;9-11,14H,5-8H2,1-4H3;/q-1;;/b;12-9-;. The normalized spacial score (nSPS) is 11.5. The average molecular weight is 808 g/mol.